The van der Waals surface area contributed by atoms with Crippen molar-refractivity contribution in [2.75, 3.05) is 19.6 Å². The number of fused-ring (bicyclic) bond motifs is 1. The SMILES string of the molecule is CCN(CC)S(=O)(=O)c1cccc2c1CCNC2. The summed E-state index contributed by atoms with van der Waals surface area (Å²) in [6.45, 7) is 6.38. The van der Waals surface area contributed by atoms with Crippen LogP contribution in [0, 0.1) is 0 Å². The first-order valence-corrected chi connectivity index (χ1v) is 7.86. The van der Waals surface area contributed by atoms with E-state index in [-0.39, 0.29) is 0 Å². The smallest absolute Gasteiger partial charge is 0.243 e. The van der Waals surface area contributed by atoms with Crippen LogP contribution in [0.15, 0.2) is 23.1 Å². The summed E-state index contributed by atoms with van der Waals surface area (Å²) < 4.78 is 26.7. The van der Waals surface area contributed by atoms with Crippen molar-refractivity contribution in [3.05, 3.63) is 29.3 Å². The Morgan fingerprint density at radius 1 is 1.28 bits per heavy atom. The van der Waals surface area contributed by atoms with Crippen LogP contribution in [0.4, 0.5) is 0 Å². The van der Waals surface area contributed by atoms with Gasteiger partial charge in [0.2, 0.25) is 10.0 Å². The van der Waals surface area contributed by atoms with E-state index >= 15 is 0 Å². The molecule has 0 radical (unpaired) electrons. The third-order valence-corrected chi connectivity index (χ3v) is 5.56. The van der Waals surface area contributed by atoms with Crippen LogP contribution in [0.2, 0.25) is 0 Å². The number of benzene rings is 1. The van der Waals surface area contributed by atoms with Crippen LogP contribution in [0.1, 0.15) is 25.0 Å². The van der Waals surface area contributed by atoms with Gasteiger partial charge < -0.3 is 5.32 Å². The first kappa shape index (κ1) is 13.5. The molecule has 1 aromatic rings. The van der Waals surface area contributed by atoms with Gasteiger partial charge in [0.1, 0.15) is 0 Å². The van der Waals surface area contributed by atoms with Gasteiger partial charge in [-0.25, -0.2) is 8.42 Å². The number of rotatable bonds is 4. The predicted octanol–water partition coefficient (Wildman–Crippen LogP) is 1.36. The van der Waals surface area contributed by atoms with E-state index in [1.807, 2.05) is 26.0 Å². The van der Waals surface area contributed by atoms with Gasteiger partial charge in [-0.15, -0.1) is 0 Å². The van der Waals surface area contributed by atoms with E-state index in [2.05, 4.69) is 5.32 Å². The number of hydrogen-bond donors (Lipinski definition) is 1. The number of nitrogens with one attached hydrogen (secondary N) is 1. The molecule has 4 nitrogen and oxygen atoms in total. The Hall–Kier alpha value is -0.910. The molecule has 2 rings (SSSR count). The zero-order valence-corrected chi connectivity index (χ0v) is 11.8. The molecule has 0 amide bonds. The van der Waals surface area contributed by atoms with Gasteiger partial charge in [-0.3, -0.25) is 0 Å². The maximum atomic E-state index is 12.6. The first-order valence-electron chi connectivity index (χ1n) is 6.42. The maximum absolute atomic E-state index is 12.6. The van der Waals surface area contributed by atoms with Crippen molar-refractivity contribution in [1.29, 1.82) is 0 Å². The molecular weight excluding hydrogens is 248 g/mol. The summed E-state index contributed by atoms with van der Waals surface area (Å²) in [6.07, 6.45) is 0.784. The Labute approximate surface area is 109 Å². The van der Waals surface area contributed by atoms with E-state index in [4.69, 9.17) is 0 Å². The van der Waals surface area contributed by atoms with Crippen molar-refractivity contribution in [2.45, 2.75) is 31.7 Å². The minimum Gasteiger partial charge on any atom is -0.312 e. The first-order chi connectivity index (χ1) is 8.61. The van der Waals surface area contributed by atoms with Gasteiger partial charge in [-0.05, 0) is 30.2 Å². The summed E-state index contributed by atoms with van der Waals surface area (Å²) in [5.41, 5.74) is 2.10. The lowest BCUT2D eigenvalue weighted by atomic mass is 10.0. The fourth-order valence-corrected chi connectivity index (χ4v) is 4.19. The number of sulfonamides is 1. The summed E-state index contributed by atoms with van der Waals surface area (Å²) >= 11 is 0. The highest BCUT2D eigenvalue weighted by Gasteiger charge is 2.26. The zero-order chi connectivity index (χ0) is 13.2. The molecule has 0 saturated carbocycles. The van der Waals surface area contributed by atoms with Gasteiger partial charge in [-0.2, -0.15) is 4.31 Å². The summed E-state index contributed by atoms with van der Waals surface area (Å²) in [6, 6.07) is 5.57. The highest BCUT2D eigenvalue weighted by Crippen LogP contribution is 2.25. The topological polar surface area (TPSA) is 49.4 Å². The fourth-order valence-electron chi connectivity index (χ4n) is 2.44. The monoisotopic (exact) mass is 268 g/mol. The minimum absolute atomic E-state index is 0.491. The van der Waals surface area contributed by atoms with Gasteiger partial charge in [0.25, 0.3) is 0 Å². The van der Waals surface area contributed by atoms with Crippen LogP contribution >= 0.6 is 0 Å². The molecular formula is C13H20N2O2S. The summed E-state index contributed by atoms with van der Waals surface area (Å²) in [5, 5.41) is 3.27. The standard InChI is InChI=1S/C13H20N2O2S/c1-3-15(4-2)18(16,17)13-7-5-6-11-10-14-9-8-12(11)13/h5-7,14H,3-4,8-10H2,1-2H3. The number of hydrogen-bond acceptors (Lipinski definition) is 3. The van der Waals surface area contributed by atoms with Crippen molar-refractivity contribution in [3.8, 4) is 0 Å². The minimum atomic E-state index is -3.34. The Morgan fingerprint density at radius 2 is 2.00 bits per heavy atom. The van der Waals surface area contributed by atoms with Crippen molar-refractivity contribution in [1.82, 2.24) is 9.62 Å². The molecule has 0 spiro atoms. The van der Waals surface area contributed by atoms with Crippen LogP contribution in [0.3, 0.4) is 0 Å². The summed E-state index contributed by atoms with van der Waals surface area (Å²) in [7, 11) is -3.34. The lowest BCUT2D eigenvalue weighted by molar-refractivity contribution is 0.444. The summed E-state index contributed by atoms with van der Waals surface area (Å²) in [5.74, 6) is 0. The molecule has 1 N–H and O–H groups in total. The average Bonchev–Trinajstić information content (AvgIpc) is 2.39. The molecule has 0 saturated heterocycles. The highest BCUT2D eigenvalue weighted by molar-refractivity contribution is 7.89. The van der Waals surface area contributed by atoms with Gasteiger partial charge in [-0.1, -0.05) is 26.0 Å². The summed E-state index contributed by atoms with van der Waals surface area (Å²) in [4.78, 5) is 0.491. The maximum Gasteiger partial charge on any atom is 0.243 e. The molecule has 0 aliphatic carbocycles. The van der Waals surface area contributed by atoms with Crippen molar-refractivity contribution >= 4 is 10.0 Å². The van der Waals surface area contributed by atoms with E-state index in [9.17, 15) is 8.42 Å². The third-order valence-electron chi connectivity index (χ3n) is 3.42. The van der Waals surface area contributed by atoms with E-state index in [1.165, 1.54) is 4.31 Å². The van der Waals surface area contributed by atoms with Gasteiger partial charge in [0.05, 0.1) is 4.90 Å². The largest absolute Gasteiger partial charge is 0.312 e. The molecule has 100 valence electrons. The molecule has 1 aromatic carbocycles. The Balaban J connectivity index is 2.51. The van der Waals surface area contributed by atoms with Crippen LogP contribution in [0.25, 0.3) is 0 Å². The Morgan fingerprint density at radius 3 is 2.67 bits per heavy atom. The molecule has 1 aliphatic heterocycles. The normalized spacial score (nSPS) is 15.7. The Bertz CT molecular complexity index is 522. The van der Waals surface area contributed by atoms with Crippen LogP contribution in [-0.4, -0.2) is 32.4 Å². The second-order valence-electron chi connectivity index (χ2n) is 4.41. The van der Waals surface area contributed by atoms with Crippen LogP contribution in [0.5, 0.6) is 0 Å². The van der Waals surface area contributed by atoms with E-state index < -0.39 is 10.0 Å². The molecule has 0 aromatic heterocycles. The third kappa shape index (κ3) is 2.30. The van der Waals surface area contributed by atoms with Crippen LogP contribution in [-0.2, 0) is 23.0 Å². The van der Waals surface area contributed by atoms with E-state index in [0.29, 0.717) is 18.0 Å². The Kier molecular flexibility index (Phi) is 4.04. The van der Waals surface area contributed by atoms with Gasteiger partial charge in [0.15, 0.2) is 0 Å². The van der Waals surface area contributed by atoms with Crippen LogP contribution < -0.4 is 5.32 Å². The second-order valence-corrected chi connectivity index (χ2v) is 6.32. The fraction of sp³-hybridized carbons (Fsp3) is 0.538. The zero-order valence-electron chi connectivity index (χ0n) is 10.9. The van der Waals surface area contributed by atoms with Gasteiger partial charge in [0, 0.05) is 19.6 Å². The van der Waals surface area contributed by atoms with Gasteiger partial charge >= 0.3 is 0 Å². The van der Waals surface area contributed by atoms with E-state index in [1.54, 1.807) is 6.07 Å². The lowest BCUT2D eigenvalue weighted by Crippen LogP contribution is -2.33. The molecule has 1 heterocycles. The van der Waals surface area contributed by atoms with Crippen molar-refractivity contribution in [2.24, 2.45) is 0 Å². The molecule has 0 bridgehead atoms. The lowest BCUT2D eigenvalue weighted by Gasteiger charge is -2.24. The molecule has 18 heavy (non-hydrogen) atoms. The average molecular weight is 268 g/mol. The highest BCUT2D eigenvalue weighted by atomic mass is 32.2. The molecule has 0 unspecified atom stereocenters. The quantitative estimate of drug-likeness (QED) is 0.897. The van der Waals surface area contributed by atoms with Crippen molar-refractivity contribution in [3.63, 3.8) is 0 Å². The molecule has 0 fully saturated rings. The molecule has 0 atom stereocenters. The van der Waals surface area contributed by atoms with E-state index in [0.717, 1.165) is 30.6 Å². The molecule has 5 heteroatoms. The van der Waals surface area contributed by atoms with Crippen molar-refractivity contribution < 1.29 is 8.42 Å². The second kappa shape index (κ2) is 5.38. The number of nitrogens with zero attached hydrogens (tertiary/aromatic N) is 1. The molecule has 1 aliphatic rings. The predicted molar refractivity (Wildman–Crippen MR) is 72.0 cm³/mol.